The third-order valence-electron chi connectivity index (χ3n) is 6.94. The SMILES string of the molecule is CCCC1C(=O)N[C@H](C)[C@H](NC(=O)c2ncccc2O)C(=O)N[C@@H](Cc2cccnc2)[C@@H](O)[C@@H](C)C(=O)N1C. The van der Waals surface area contributed by atoms with E-state index in [1.54, 1.807) is 38.4 Å². The minimum atomic E-state index is -1.32. The fourth-order valence-electron chi connectivity index (χ4n) is 4.65. The average Bonchev–Trinajstić information content (AvgIpc) is 2.92. The van der Waals surface area contributed by atoms with Crippen LogP contribution in [0.5, 0.6) is 5.75 Å². The molecule has 2 aromatic rings. The Labute approximate surface area is 227 Å². The zero-order chi connectivity index (χ0) is 28.7. The number of aliphatic hydroxyl groups excluding tert-OH is 1. The molecule has 1 aliphatic heterocycles. The second kappa shape index (κ2) is 13.1. The van der Waals surface area contributed by atoms with Crippen molar-refractivity contribution in [1.29, 1.82) is 0 Å². The molecule has 0 aliphatic carbocycles. The minimum absolute atomic E-state index is 0.156. The summed E-state index contributed by atoms with van der Waals surface area (Å²) in [6, 6.07) is 2.24. The van der Waals surface area contributed by atoms with Gasteiger partial charge >= 0.3 is 0 Å². The van der Waals surface area contributed by atoms with E-state index in [1.165, 1.54) is 30.3 Å². The lowest BCUT2D eigenvalue weighted by Gasteiger charge is -2.37. The lowest BCUT2D eigenvalue weighted by atomic mass is 9.91. The van der Waals surface area contributed by atoms with Crippen LogP contribution in [0.3, 0.4) is 0 Å². The number of nitrogens with one attached hydrogen (secondary N) is 3. The number of aromatic nitrogens is 2. The van der Waals surface area contributed by atoms with Crippen LogP contribution in [0.4, 0.5) is 0 Å². The Kier molecular flexibility index (Phi) is 9.94. The van der Waals surface area contributed by atoms with Gasteiger partial charge in [-0.3, -0.25) is 24.2 Å². The highest BCUT2D eigenvalue weighted by Crippen LogP contribution is 2.19. The molecule has 210 valence electrons. The number of aliphatic hydroxyl groups is 1. The van der Waals surface area contributed by atoms with Crippen LogP contribution in [-0.4, -0.2) is 86.0 Å². The lowest BCUT2D eigenvalue weighted by molar-refractivity contribution is -0.146. The van der Waals surface area contributed by atoms with Crippen LogP contribution in [0.25, 0.3) is 0 Å². The molecule has 1 aliphatic rings. The second-order valence-electron chi connectivity index (χ2n) is 9.83. The summed E-state index contributed by atoms with van der Waals surface area (Å²) < 4.78 is 0. The van der Waals surface area contributed by atoms with Crippen LogP contribution in [0.1, 0.15) is 49.7 Å². The predicted octanol–water partition coefficient (Wildman–Crippen LogP) is 0.151. The maximum atomic E-state index is 13.6. The van der Waals surface area contributed by atoms with Gasteiger partial charge in [-0.25, -0.2) is 4.98 Å². The number of hydrogen-bond acceptors (Lipinski definition) is 8. The Morgan fingerprint density at radius 1 is 1.10 bits per heavy atom. The third kappa shape index (κ3) is 7.08. The van der Waals surface area contributed by atoms with Crippen molar-refractivity contribution >= 4 is 23.6 Å². The van der Waals surface area contributed by atoms with Crippen molar-refractivity contribution in [2.45, 2.75) is 70.3 Å². The summed E-state index contributed by atoms with van der Waals surface area (Å²) in [5, 5.41) is 29.5. The molecule has 4 amide bonds. The van der Waals surface area contributed by atoms with Crippen molar-refractivity contribution in [2.75, 3.05) is 7.05 Å². The van der Waals surface area contributed by atoms with Gasteiger partial charge in [0.1, 0.15) is 17.8 Å². The van der Waals surface area contributed by atoms with Gasteiger partial charge in [-0.1, -0.05) is 26.3 Å². The number of aromatic hydroxyl groups is 1. The first-order valence-electron chi connectivity index (χ1n) is 12.9. The zero-order valence-corrected chi connectivity index (χ0v) is 22.5. The van der Waals surface area contributed by atoms with Crippen LogP contribution >= 0.6 is 0 Å². The molecule has 3 heterocycles. The number of rotatable bonds is 6. The molecule has 2 aromatic heterocycles. The van der Waals surface area contributed by atoms with Gasteiger partial charge < -0.3 is 31.1 Å². The molecule has 0 aromatic carbocycles. The Bertz CT molecular complexity index is 1180. The molecule has 1 fully saturated rings. The molecular formula is C27H36N6O6. The predicted molar refractivity (Wildman–Crippen MR) is 141 cm³/mol. The van der Waals surface area contributed by atoms with Gasteiger partial charge in [0.25, 0.3) is 5.91 Å². The summed E-state index contributed by atoms with van der Waals surface area (Å²) >= 11 is 0. The number of likely N-dealkylation sites (N-methyl/N-ethyl adjacent to an activating group) is 1. The molecule has 5 N–H and O–H groups in total. The highest BCUT2D eigenvalue weighted by molar-refractivity contribution is 5.98. The molecule has 0 radical (unpaired) electrons. The number of pyridine rings is 2. The van der Waals surface area contributed by atoms with E-state index in [0.29, 0.717) is 18.4 Å². The standard InChI is InChI=1S/C27H36N6O6/c1-5-8-19-24(36)30-16(3)21(32-26(38)22-20(34)10-7-12-29-22)25(37)31-18(13-17-9-6-11-28-14-17)23(35)15(2)27(39)33(19)4/h6-7,9-12,14-16,18-19,21,23,34-35H,5,8,13H2,1-4H3,(H,30,36)(H,31,37)(H,32,38)/t15-,16-,18+,19?,21+,23+/m1/s1. The largest absolute Gasteiger partial charge is 0.505 e. The second-order valence-corrected chi connectivity index (χ2v) is 9.83. The summed E-state index contributed by atoms with van der Waals surface area (Å²) in [6.45, 7) is 4.97. The molecule has 6 atom stereocenters. The smallest absolute Gasteiger partial charge is 0.274 e. The summed E-state index contributed by atoms with van der Waals surface area (Å²) in [5.41, 5.74) is 0.427. The van der Waals surface area contributed by atoms with E-state index in [4.69, 9.17) is 0 Å². The van der Waals surface area contributed by atoms with E-state index in [9.17, 15) is 29.4 Å². The number of amides is 4. The summed E-state index contributed by atoms with van der Waals surface area (Å²) in [7, 11) is 1.51. The molecule has 39 heavy (non-hydrogen) atoms. The van der Waals surface area contributed by atoms with Crippen molar-refractivity contribution in [3.05, 3.63) is 54.1 Å². The Hall–Kier alpha value is -4.06. The maximum absolute atomic E-state index is 13.6. The van der Waals surface area contributed by atoms with E-state index in [0.717, 1.165) is 0 Å². The Morgan fingerprint density at radius 2 is 1.82 bits per heavy atom. The number of carbonyl (C=O) groups is 4. The quantitative estimate of drug-likeness (QED) is 0.344. The zero-order valence-electron chi connectivity index (χ0n) is 22.5. The number of nitrogens with zero attached hydrogens (tertiary/aromatic N) is 3. The maximum Gasteiger partial charge on any atom is 0.274 e. The van der Waals surface area contributed by atoms with Gasteiger partial charge in [0.05, 0.1) is 24.1 Å². The minimum Gasteiger partial charge on any atom is -0.505 e. The molecule has 0 saturated carbocycles. The van der Waals surface area contributed by atoms with E-state index >= 15 is 0 Å². The van der Waals surface area contributed by atoms with Crippen molar-refractivity contribution in [1.82, 2.24) is 30.8 Å². The van der Waals surface area contributed by atoms with Crippen LogP contribution in [0.15, 0.2) is 42.9 Å². The first-order chi connectivity index (χ1) is 18.5. The summed E-state index contributed by atoms with van der Waals surface area (Å²) in [4.78, 5) is 62.5. The summed E-state index contributed by atoms with van der Waals surface area (Å²) in [6.07, 6.45) is 4.31. The van der Waals surface area contributed by atoms with Crippen molar-refractivity contribution in [3.8, 4) is 5.75 Å². The van der Waals surface area contributed by atoms with Gasteiger partial charge in [-0.15, -0.1) is 0 Å². The fraction of sp³-hybridized carbons (Fsp3) is 0.481. The van der Waals surface area contributed by atoms with Crippen LogP contribution in [0, 0.1) is 5.92 Å². The number of hydrogen-bond donors (Lipinski definition) is 5. The molecule has 0 spiro atoms. The first kappa shape index (κ1) is 29.5. The van der Waals surface area contributed by atoms with Crippen molar-refractivity contribution < 1.29 is 29.4 Å². The molecule has 0 bridgehead atoms. The molecule has 12 nitrogen and oxygen atoms in total. The molecule has 1 saturated heterocycles. The third-order valence-corrected chi connectivity index (χ3v) is 6.94. The topological polar surface area (TPSA) is 174 Å². The van der Waals surface area contributed by atoms with Gasteiger partial charge in [0.15, 0.2) is 5.69 Å². The van der Waals surface area contributed by atoms with Gasteiger partial charge in [-0.05, 0) is 43.5 Å². The van der Waals surface area contributed by atoms with Crippen LogP contribution in [-0.2, 0) is 20.8 Å². The van der Waals surface area contributed by atoms with Crippen molar-refractivity contribution in [2.24, 2.45) is 5.92 Å². The Balaban J connectivity index is 2.01. The highest BCUT2D eigenvalue weighted by atomic mass is 16.3. The highest BCUT2D eigenvalue weighted by Gasteiger charge is 2.40. The molecular weight excluding hydrogens is 504 g/mol. The van der Waals surface area contributed by atoms with Crippen LogP contribution in [0.2, 0.25) is 0 Å². The molecule has 3 rings (SSSR count). The number of carbonyl (C=O) groups excluding carboxylic acids is 4. The van der Waals surface area contributed by atoms with Gasteiger partial charge in [-0.2, -0.15) is 0 Å². The lowest BCUT2D eigenvalue weighted by Crippen LogP contribution is -2.64. The summed E-state index contributed by atoms with van der Waals surface area (Å²) in [5.74, 6) is -3.79. The van der Waals surface area contributed by atoms with E-state index in [1.807, 2.05) is 6.92 Å². The molecule has 12 heteroatoms. The average molecular weight is 541 g/mol. The van der Waals surface area contributed by atoms with E-state index in [2.05, 4.69) is 25.9 Å². The molecule has 1 unspecified atom stereocenters. The fourth-order valence-corrected chi connectivity index (χ4v) is 4.65. The first-order valence-corrected chi connectivity index (χ1v) is 12.9. The van der Waals surface area contributed by atoms with E-state index in [-0.39, 0.29) is 17.9 Å². The van der Waals surface area contributed by atoms with Gasteiger partial charge in [0, 0.05) is 25.6 Å². The van der Waals surface area contributed by atoms with Crippen molar-refractivity contribution in [3.63, 3.8) is 0 Å². The van der Waals surface area contributed by atoms with Crippen LogP contribution < -0.4 is 16.0 Å². The van der Waals surface area contributed by atoms with E-state index < -0.39 is 59.8 Å². The Morgan fingerprint density at radius 3 is 2.46 bits per heavy atom. The van der Waals surface area contributed by atoms with Gasteiger partial charge in [0.2, 0.25) is 17.7 Å². The normalized spacial score (nSPS) is 26.6. The monoisotopic (exact) mass is 540 g/mol.